The van der Waals surface area contributed by atoms with Crippen molar-refractivity contribution in [3.05, 3.63) is 35.0 Å². The van der Waals surface area contributed by atoms with Crippen molar-refractivity contribution in [3.63, 3.8) is 0 Å². The smallest absolute Gasteiger partial charge is 0.434 e. The van der Waals surface area contributed by atoms with Crippen LogP contribution in [0.25, 0.3) is 10.9 Å². The van der Waals surface area contributed by atoms with E-state index in [1.165, 1.54) is 13.0 Å². The molecule has 0 saturated heterocycles. The normalized spacial score (nSPS) is 11.6. The molecule has 0 saturated carbocycles. The molecule has 9 heteroatoms. The Hall–Kier alpha value is -2.45. The lowest BCUT2D eigenvalue weighted by atomic mass is 10.1. The fourth-order valence-corrected chi connectivity index (χ4v) is 2.23. The number of aryl methyl sites for hydroxylation is 1. The average molecular weight is 363 g/mol. The van der Waals surface area contributed by atoms with Crippen molar-refractivity contribution in [1.82, 2.24) is 4.98 Å². The first-order valence-electron chi connectivity index (χ1n) is 7.32. The highest BCUT2D eigenvalue weighted by Gasteiger charge is 2.28. The highest BCUT2D eigenvalue weighted by atomic mass is 19.4. The van der Waals surface area contributed by atoms with Crippen LogP contribution in [0.3, 0.4) is 0 Å². The first kappa shape index (κ1) is 18.9. The summed E-state index contributed by atoms with van der Waals surface area (Å²) < 4.78 is 73.1. The van der Waals surface area contributed by atoms with Gasteiger partial charge in [0.2, 0.25) is 0 Å². The molecule has 25 heavy (non-hydrogen) atoms. The minimum Gasteiger partial charge on any atom is -0.434 e. The summed E-state index contributed by atoms with van der Waals surface area (Å²) >= 11 is 0. The Kier molecular flexibility index (Phi) is 5.44. The summed E-state index contributed by atoms with van der Waals surface area (Å²) in [5.74, 6) is -2.77. The van der Waals surface area contributed by atoms with E-state index >= 15 is 0 Å². The molecule has 1 aromatic heterocycles. The number of aromatic nitrogens is 1. The van der Waals surface area contributed by atoms with Gasteiger partial charge in [-0.2, -0.15) is 13.2 Å². The topological polar surface area (TPSA) is 48.4 Å². The SMILES string of the molecule is CCc1nc2ccc(F)c(F)c2c(OC(=O)OCCC(F)(F)F)c1C. The number of rotatable bonds is 4. The zero-order valence-electron chi connectivity index (χ0n) is 13.3. The number of nitrogens with zero attached hydrogens (tertiary/aromatic N) is 1. The van der Waals surface area contributed by atoms with Crippen LogP contribution in [0.1, 0.15) is 24.6 Å². The van der Waals surface area contributed by atoms with Crippen LogP contribution in [0.4, 0.5) is 26.7 Å². The third-order valence-electron chi connectivity index (χ3n) is 3.45. The Morgan fingerprint density at radius 2 is 1.92 bits per heavy atom. The van der Waals surface area contributed by atoms with Crippen LogP contribution in [0.15, 0.2) is 12.1 Å². The number of alkyl halides is 3. The molecular weight excluding hydrogens is 349 g/mol. The van der Waals surface area contributed by atoms with Gasteiger partial charge in [0.1, 0.15) is 6.61 Å². The maximum Gasteiger partial charge on any atom is 0.513 e. The minimum atomic E-state index is -4.50. The Morgan fingerprint density at radius 3 is 2.52 bits per heavy atom. The summed E-state index contributed by atoms with van der Waals surface area (Å²) in [7, 11) is 0. The summed E-state index contributed by atoms with van der Waals surface area (Å²) in [6.45, 7) is 2.29. The third kappa shape index (κ3) is 4.34. The summed E-state index contributed by atoms with van der Waals surface area (Å²) in [5.41, 5.74) is 0.795. The predicted octanol–water partition coefficient (Wildman–Crippen LogP) is 4.85. The number of hydrogen-bond donors (Lipinski definition) is 0. The summed E-state index contributed by atoms with van der Waals surface area (Å²) in [4.78, 5) is 15.8. The van der Waals surface area contributed by atoms with Crippen molar-refractivity contribution in [2.75, 3.05) is 6.61 Å². The van der Waals surface area contributed by atoms with Crippen molar-refractivity contribution >= 4 is 17.1 Å². The van der Waals surface area contributed by atoms with Gasteiger partial charge < -0.3 is 9.47 Å². The number of ether oxygens (including phenoxy) is 2. The second-order valence-electron chi connectivity index (χ2n) is 5.19. The van der Waals surface area contributed by atoms with Gasteiger partial charge in [0.25, 0.3) is 0 Å². The van der Waals surface area contributed by atoms with Crippen molar-refractivity contribution in [3.8, 4) is 5.75 Å². The van der Waals surface area contributed by atoms with Gasteiger partial charge in [0.15, 0.2) is 17.4 Å². The van der Waals surface area contributed by atoms with E-state index in [0.717, 1.165) is 6.07 Å². The molecular formula is C16H14F5NO3. The predicted molar refractivity (Wildman–Crippen MR) is 78.4 cm³/mol. The van der Waals surface area contributed by atoms with Crippen molar-refractivity contribution in [2.24, 2.45) is 0 Å². The van der Waals surface area contributed by atoms with E-state index in [1.807, 2.05) is 0 Å². The third-order valence-corrected chi connectivity index (χ3v) is 3.45. The molecule has 0 radical (unpaired) electrons. The molecule has 0 atom stereocenters. The van der Waals surface area contributed by atoms with Crippen molar-refractivity contribution < 1.29 is 36.2 Å². The molecule has 0 bridgehead atoms. The monoisotopic (exact) mass is 363 g/mol. The molecule has 0 aliphatic carbocycles. The van der Waals surface area contributed by atoms with Crippen LogP contribution >= 0.6 is 0 Å². The lowest BCUT2D eigenvalue weighted by Gasteiger charge is -2.14. The standard InChI is InChI=1S/C16H14F5NO3/c1-3-10-8(2)14(25-15(23)24-7-6-16(19,20)21)12-11(22-10)5-4-9(17)13(12)18/h4-5H,3,6-7H2,1-2H3. The Balaban J connectivity index is 2.37. The van der Waals surface area contributed by atoms with Crippen LogP contribution in [0, 0.1) is 18.6 Å². The number of hydrogen-bond acceptors (Lipinski definition) is 4. The first-order valence-corrected chi connectivity index (χ1v) is 7.32. The molecule has 0 fully saturated rings. The summed E-state index contributed by atoms with van der Waals surface area (Å²) in [6, 6.07) is 2.10. The van der Waals surface area contributed by atoms with Crippen LogP contribution in [-0.2, 0) is 11.2 Å². The highest BCUT2D eigenvalue weighted by molar-refractivity contribution is 5.89. The van der Waals surface area contributed by atoms with Crippen molar-refractivity contribution in [1.29, 1.82) is 0 Å². The van der Waals surface area contributed by atoms with E-state index in [2.05, 4.69) is 9.72 Å². The van der Waals surface area contributed by atoms with E-state index in [1.54, 1.807) is 6.92 Å². The Bertz CT molecular complexity index is 805. The second kappa shape index (κ2) is 7.20. The molecule has 0 amide bonds. The van der Waals surface area contributed by atoms with E-state index in [4.69, 9.17) is 4.74 Å². The molecule has 1 aromatic carbocycles. The largest absolute Gasteiger partial charge is 0.513 e. The minimum absolute atomic E-state index is 0.0550. The zero-order valence-corrected chi connectivity index (χ0v) is 13.3. The molecule has 1 heterocycles. The maximum absolute atomic E-state index is 14.1. The van der Waals surface area contributed by atoms with Gasteiger partial charge in [0.05, 0.1) is 17.3 Å². The fraction of sp³-hybridized carbons (Fsp3) is 0.375. The molecule has 0 spiro atoms. The number of carbonyl (C=O) groups excluding carboxylic acids is 1. The number of halogens is 5. The maximum atomic E-state index is 14.1. The Morgan fingerprint density at radius 1 is 1.24 bits per heavy atom. The summed E-state index contributed by atoms with van der Waals surface area (Å²) in [6.07, 6.45) is -6.86. The molecule has 0 aliphatic rings. The van der Waals surface area contributed by atoms with Gasteiger partial charge in [-0.05, 0) is 25.5 Å². The van der Waals surface area contributed by atoms with E-state index in [9.17, 15) is 26.7 Å². The zero-order chi connectivity index (χ0) is 18.8. The van der Waals surface area contributed by atoms with E-state index < -0.39 is 37.0 Å². The van der Waals surface area contributed by atoms with Crippen LogP contribution in [0.5, 0.6) is 5.75 Å². The van der Waals surface area contributed by atoms with E-state index in [-0.39, 0.29) is 22.2 Å². The molecule has 136 valence electrons. The number of carbonyl (C=O) groups is 1. The summed E-state index contributed by atoms with van der Waals surface area (Å²) in [5, 5.41) is -0.373. The first-order chi connectivity index (χ1) is 11.6. The van der Waals surface area contributed by atoms with Crippen molar-refractivity contribution in [2.45, 2.75) is 32.9 Å². The van der Waals surface area contributed by atoms with Gasteiger partial charge in [-0.25, -0.2) is 13.6 Å². The Labute approximate surface area is 139 Å². The van der Waals surface area contributed by atoms with E-state index in [0.29, 0.717) is 12.1 Å². The van der Waals surface area contributed by atoms with Gasteiger partial charge >= 0.3 is 12.3 Å². The van der Waals surface area contributed by atoms with Crippen LogP contribution in [-0.4, -0.2) is 23.9 Å². The average Bonchev–Trinajstić information content (AvgIpc) is 2.52. The van der Waals surface area contributed by atoms with Gasteiger partial charge in [0, 0.05) is 11.3 Å². The number of pyridine rings is 1. The quantitative estimate of drug-likeness (QED) is 0.575. The van der Waals surface area contributed by atoms with Gasteiger partial charge in [-0.15, -0.1) is 0 Å². The lowest BCUT2D eigenvalue weighted by Crippen LogP contribution is -2.18. The number of fused-ring (bicyclic) bond motifs is 1. The lowest BCUT2D eigenvalue weighted by molar-refractivity contribution is -0.141. The molecule has 0 unspecified atom stereocenters. The van der Waals surface area contributed by atoms with Gasteiger partial charge in [-0.1, -0.05) is 6.92 Å². The highest BCUT2D eigenvalue weighted by Crippen LogP contribution is 2.34. The van der Waals surface area contributed by atoms with Crippen LogP contribution in [0.2, 0.25) is 0 Å². The molecule has 0 aliphatic heterocycles. The number of benzene rings is 1. The fourth-order valence-electron chi connectivity index (χ4n) is 2.23. The second-order valence-corrected chi connectivity index (χ2v) is 5.19. The van der Waals surface area contributed by atoms with Gasteiger partial charge in [-0.3, -0.25) is 4.98 Å². The van der Waals surface area contributed by atoms with Crippen LogP contribution < -0.4 is 4.74 Å². The molecule has 0 N–H and O–H groups in total. The molecule has 4 nitrogen and oxygen atoms in total. The molecule has 2 aromatic rings. The molecule has 2 rings (SSSR count).